The van der Waals surface area contributed by atoms with Crippen molar-refractivity contribution in [3.05, 3.63) is 22.5 Å². The van der Waals surface area contributed by atoms with Crippen molar-refractivity contribution in [1.82, 2.24) is 9.88 Å². The lowest BCUT2D eigenvalue weighted by molar-refractivity contribution is 0.0450. The van der Waals surface area contributed by atoms with Crippen LogP contribution < -0.4 is 5.32 Å². The van der Waals surface area contributed by atoms with Gasteiger partial charge in [-0.15, -0.1) is 0 Å². The average Bonchev–Trinajstić information content (AvgIpc) is 3.14. The second-order valence-electron chi connectivity index (χ2n) is 8.21. The molecule has 150 valence electrons. The standard InChI is InChI=1S/C21H27BrN4O2/c1-26(15-3-2-4-16(27)9-15)14-7-5-13(6-8-14)25-21-20(22)18-10-17(11-23)28-19(18)12-24-21/h10,12-16,27H,2-9H2,1H3,(H,24,25)/t13?,14?,15-,16-/m1/s1. The summed E-state index contributed by atoms with van der Waals surface area (Å²) in [6.07, 6.45) is 10.3. The lowest BCUT2D eigenvalue weighted by Crippen LogP contribution is -2.46. The van der Waals surface area contributed by atoms with E-state index in [-0.39, 0.29) is 6.10 Å². The van der Waals surface area contributed by atoms with Crippen molar-refractivity contribution in [2.75, 3.05) is 12.4 Å². The van der Waals surface area contributed by atoms with Crippen molar-refractivity contribution in [3.8, 4) is 6.07 Å². The molecule has 2 aromatic heterocycles. The summed E-state index contributed by atoms with van der Waals surface area (Å²) < 4.78 is 6.30. The number of nitriles is 1. The molecular formula is C21H27BrN4O2. The van der Waals surface area contributed by atoms with Crippen LogP contribution in [0.5, 0.6) is 0 Å². The Morgan fingerprint density at radius 1 is 1.25 bits per heavy atom. The van der Waals surface area contributed by atoms with Gasteiger partial charge in [0.25, 0.3) is 0 Å². The van der Waals surface area contributed by atoms with E-state index in [1.807, 2.05) is 6.07 Å². The zero-order valence-electron chi connectivity index (χ0n) is 16.2. The average molecular weight is 447 g/mol. The van der Waals surface area contributed by atoms with Crippen LogP contribution in [0.25, 0.3) is 11.0 Å². The molecule has 0 spiro atoms. The molecule has 0 saturated heterocycles. The molecule has 2 N–H and O–H groups in total. The minimum Gasteiger partial charge on any atom is -0.444 e. The van der Waals surface area contributed by atoms with E-state index in [4.69, 9.17) is 9.68 Å². The van der Waals surface area contributed by atoms with E-state index in [9.17, 15) is 5.11 Å². The van der Waals surface area contributed by atoms with E-state index < -0.39 is 0 Å². The maximum absolute atomic E-state index is 9.98. The van der Waals surface area contributed by atoms with Crippen molar-refractivity contribution >= 4 is 32.7 Å². The van der Waals surface area contributed by atoms with E-state index in [0.717, 1.165) is 60.6 Å². The molecule has 2 fully saturated rings. The number of aliphatic hydroxyl groups excluding tert-OH is 1. The van der Waals surface area contributed by atoms with Crippen LogP contribution >= 0.6 is 15.9 Å². The maximum atomic E-state index is 9.98. The summed E-state index contributed by atoms with van der Waals surface area (Å²) in [6.45, 7) is 0. The molecule has 7 heteroatoms. The van der Waals surface area contributed by atoms with E-state index in [1.165, 1.54) is 6.42 Å². The predicted molar refractivity (Wildman–Crippen MR) is 112 cm³/mol. The van der Waals surface area contributed by atoms with Gasteiger partial charge in [-0.25, -0.2) is 4.98 Å². The fourth-order valence-corrected chi connectivity index (χ4v) is 5.29. The molecule has 2 aliphatic carbocycles. The number of rotatable bonds is 4. The number of aliphatic hydroxyl groups is 1. The number of anilines is 1. The Labute approximate surface area is 174 Å². The third-order valence-corrected chi connectivity index (χ3v) is 7.24. The van der Waals surface area contributed by atoms with E-state index in [1.54, 1.807) is 12.3 Å². The zero-order valence-corrected chi connectivity index (χ0v) is 17.8. The Morgan fingerprint density at radius 3 is 2.75 bits per heavy atom. The van der Waals surface area contributed by atoms with Gasteiger partial charge in [0.2, 0.25) is 5.76 Å². The molecule has 2 atom stereocenters. The molecule has 4 rings (SSSR count). The van der Waals surface area contributed by atoms with E-state index in [0.29, 0.717) is 29.5 Å². The van der Waals surface area contributed by atoms with Crippen molar-refractivity contribution in [2.24, 2.45) is 0 Å². The smallest absolute Gasteiger partial charge is 0.204 e. The fraction of sp³-hybridized carbons (Fsp3) is 0.619. The summed E-state index contributed by atoms with van der Waals surface area (Å²) in [5.41, 5.74) is 0.619. The summed E-state index contributed by atoms with van der Waals surface area (Å²) in [5.74, 6) is 1.11. The van der Waals surface area contributed by atoms with Gasteiger partial charge in [-0.1, -0.05) is 0 Å². The first-order valence-electron chi connectivity index (χ1n) is 10.2. The number of nitrogens with zero attached hydrogens (tertiary/aromatic N) is 3. The molecular weight excluding hydrogens is 420 g/mol. The Hall–Kier alpha value is -1.62. The number of halogens is 1. The van der Waals surface area contributed by atoms with Gasteiger partial charge in [0, 0.05) is 29.6 Å². The van der Waals surface area contributed by atoms with Crippen LogP contribution in [-0.4, -0.2) is 46.3 Å². The number of hydrogen-bond acceptors (Lipinski definition) is 6. The van der Waals surface area contributed by atoms with Crippen LogP contribution in [0.1, 0.15) is 57.1 Å². The van der Waals surface area contributed by atoms with Gasteiger partial charge in [-0.05, 0) is 74.3 Å². The van der Waals surface area contributed by atoms with Gasteiger partial charge in [0.1, 0.15) is 11.9 Å². The minimum absolute atomic E-state index is 0.123. The third-order valence-electron chi connectivity index (χ3n) is 6.43. The Morgan fingerprint density at radius 2 is 2.04 bits per heavy atom. The summed E-state index contributed by atoms with van der Waals surface area (Å²) in [4.78, 5) is 7.01. The van der Waals surface area contributed by atoms with E-state index in [2.05, 4.69) is 38.2 Å². The molecule has 0 amide bonds. The first kappa shape index (κ1) is 19.7. The summed E-state index contributed by atoms with van der Waals surface area (Å²) in [5, 5.41) is 23.5. The van der Waals surface area contributed by atoms with Crippen LogP contribution in [0.2, 0.25) is 0 Å². The second kappa shape index (κ2) is 8.40. The van der Waals surface area contributed by atoms with Crippen LogP contribution in [0, 0.1) is 11.3 Å². The normalized spacial score (nSPS) is 28.4. The quantitative estimate of drug-likeness (QED) is 0.722. The number of fused-ring (bicyclic) bond motifs is 1. The largest absolute Gasteiger partial charge is 0.444 e. The number of nitrogens with one attached hydrogen (secondary N) is 1. The van der Waals surface area contributed by atoms with Crippen molar-refractivity contribution in [1.29, 1.82) is 5.26 Å². The van der Waals surface area contributed by atoms with E-state index >= 15 is 0 Å². The highest BCUT2D eigenvalue weighted by Crippen LogP contribution is 2.34. The lowest BCUT2D eigenvalue weighted by Gasteiger charge is -2.41. The molecule has 0 aliphatic heterocycles. The van der Waals surface area contributed by atoms with Crippen LogP contribution in [0.15, 0.2) is 21.2 Å². The number of aromatic nitrogens is 1. The number of pyridine rings is 1. The topological polar surface area (TPSA) is 85.3 Å². The van der Waals surface area contributed by atoms with Crippen molar-refractivity contribution in [3.63, 3.8) is 0 Å². The molecule has 0 unspecified atom stereocenters. The minimum atomic E-state index is -0.123. The Balaban J connectivity index is 1.36. The molecule has 2 saturated carbocycles. The number of furan rings is 1. The van der Waals surface area contributed by atoms with Crippen LogP contribution in [0.4, 0.5) is 5.82 Å². The highest BCUT2D eigenvalue weighted by atomic mass is 79.9. The van der Waals surface area contributed by atoms with Gasteiger partial charge in [-0.2, -0.15) is 5.26 Å². The molecule has 2 heterocycles. The second-order valence-corrected chi connectivity index (χ2v) is 9.00. The van der Waals surface area contributed by atoms with Gasteiger partial charge < -0.3 is 19.7 Å². The molecule has 0 radical (unpaired) electrons. The van der Waals surface area contributed by atoms with Crippen LogP contribution in [0.3, 0.4) is 0 Å². The first-order chi connectivity index (χ1) is 13.5. The highest BCUT2D eigenvalue weighted by Gasteiger charge is 2.31. The molecule has 6 nitrogen and oxygen atoms in total. The highest BCUT2D eigenvalue weighted by molar-refractivity contribution is 9.10. The monoisotopic (exact) mass is 446 g/mol. The summed E-state index contributed by atoms with van der Waals surface area (Å²) in [6, 6.07) is 5.29. The van der Waals surface area contributed by atoms with Gasteiger partial charge >= 0.3 is 0 Å². The molecule has 2 aromatic rings. The van der Waals surface area contributed by atoms with Gasteiger partial charge in [-0.3, -0.25) is 0 Å². The molecule has 28 heavy (non-hydrogen) atoms. The number of hydrogen-bond donors (Lipinski definition) is 2. The zero-order chi connectivity index (χ0) is 19.7. The summed E-state index contributed by atoms with van der Waals surface area (Å²) >= 11 is 3.62. The molecule has 0 aromatic carbocycles. The SMILES string of the molecule is CN(C1CCC(Nc2ncc3oc(C#N)cc3c2Br)CC1)[C@@H]1CCC[C@@H](O)C1. The predicted octanol–water partition coefficient (Wildman–Crippen LogP) is 4.42. The van der Waals surface area contributed by atoms with Crippen molar-refractivity contribution < 1.29 is 9.52 Å². The molecule has 2 aliphatic rings. The Bertz CT molecular complexity index is 869. The van der Waals surface area contributed by atoms with Gasteiger partial charge in [0.05, 0.1) is 16.8 Å². The molecule has 0 bridgehead atoms. The van der Waals surface area contributed by atoms with Gasteiger partial charge in [0.15, 0.2) is 5.58 Å². The van der Waals surface area contributed by atoms with Crippen LogP contribution in [-0.2, 0) is 0 Å². The third kappa shape index (κ3) is 4.05. The maximum Gasteiger partial charge on any atom is 0.204 e. The Kier molecular flexibility index (Phi) is 5.91. The lowest BCUT2D eigenvalue weighted by atomic mass is 9.86. The fourth-order valence-electron chi connectivity index (χ4n) is 4.76. The summed E-state index contributed by atoms with van der Waals surface area (Å²) in [7, 11) is 2.24. The van der Waals surface area contributed by atoms with Crippen molar-refractivity contribution in [2.45, 2.75) is 75.6 Å². The first-order valence-corrected chi connectivity index (χ1v) is 11.0.